The van der Waals surface area contributed by atoms with E-state index in [0.29, 0.717) is 0 Å². The van der Waals surface area contributed by atoms with E-state index in [1.54, 1.807) is 0 Å². The van der Waals surface area contributed by atoms with Crippen molar-refractivity contribution in [3.05, 3.63) is 193 Å². The molecule has 10 aromatic rings. The first-order valence-electron chi connectivity index (χ1n) is 18.9. The maximum Gasteiger partial charge on any atom is 0.135 e. The number of benzene rings is 8. The van der Waals surface area contributed by atoms with Gasteiger partial charge < -0.3 is 9.32 Å². The molecule has 0 aliphatic heterocycles. The van der Waals surface area contributed by atoms with Crippen molar-refractivity contribution in [2.45, 2.75) is 19.3 Å². The van der Waals surface area contributed by atoms with Gasteiger partial charge in [-0.1, -0.05) is 129 Å². The molecule has 0 spiro atoms. The molecule has 55 heavy (non-hydrogen) atoms. The van der Waals surface area contributed by atoms with E-state index in [2.05, 4.69) is 189 Å². The predicted octanol–water partition coefficient (Wildman–Crippen LogP) is 14.4. The molecular formula is C52H36N2O. The van der Waals surface area contributed by atoms with Crippen LogP contribution in [0.5, 0.6) is 0 Å². The first-order chi connectivity index (χ1) is 27.0. The third kappa shape index (κ3) is 4.93. The van der Waals surface area contributed by atoms with Crippen LogP contribution >= 0.6 is 0 Å². The molecule has 1 aliphatic carbocycles. The average molecular weight is 705 g/mol. The van der Waals surface area contributed by atoms with Crippen LogP contribution in [-0.2, 0) is 5.41 Å². The number of fused-ring (bicyclic) bond motifs is 9. The molecule has 260 valence electrons. The molecule has 0 saturated carbocycles. The number of pyridine rings is 1. The summed E-state index contributed by atoms with van der Waals surface area (Å²) in [6.45, 7) is 4.69. The Labute approximate surface area is 319 Å². The highest BCUT2D eigenvalue weighted by atomic mass is 16.3. The summed E-state index contributed by atoms with van der Waals surface area (Å²) in [5.74, 6) is 0. The normalized spacial score (nSPS) is 13.1. The zero-order valence-corrected chi connectivity index (χ0v) is 30.6. The summed E-state index contributed by atoms with van der Waals surface area (Å²) in [6, 6.07) is 63.5. The van der Waals surface area contributed by atoms with Crippen molar-refractivity contribution in [2.24, 2.45) is 0 Å². The summed E-state index contributed by atoms with van der Waals surface area (Å²) in [7, 11) is 0. The fourth-order valence-electron chi connectivity index (χ4n) is 8.94. The summed E-state index contributed by atoms with van der Waals surface area (Å²) in [4.78, 5) is 7.21. The first kappa shape index (κ1) is 31.5. The Morgan fingerprint density at radius 1 is 0.455 bits per heavy atom. The Hall–Kier alpha value is -6.97. The molecule has 0 bridgehead atoms. The van der Waals surface area contributed by atoms with Gasteiger partial charge in [0.05, 0.1) is 5.52 Å². The fourth-order valence-corrected chi connectivity index (χ4v) is 8.94. The SMILES string of the molecule is CC1(C)c2ccccc2-c2ccc(N(c3ccc(-c4ccccc4)cc3)c3ccc4oc5ccc(-c6cccc7ccc8cccnc8c67)cc5c4c3)cc21. The molecule has 0 unspecified atom stereocenters. The summed E-state index contributed by atoms with van der Waals surface area (Å²) in [6.07, 6.45) is 1.88. The van der Waals surface area contributed by atoms with Crippen molar-refractivity contribution >= 4 is 60.7 Å². The molecule has 8 aromatic carbocycles. The number of nitrogens with zero attached hydrogens (tertiary/aromatic N) is 2. The van der Waals surface area contributed by atoms with E-state index in [0.717, 1.165) is 61.0 Å². The lowest BCUT2D eigenvalue weighted by molar-refractivity contribution is 0.660. The fraction of sp³-hybridized carbons (Fsp3) is 0.0577. The lowest BCUT2D eigenvalue weighted by Gasteiger charge is -2.28. The van der Waals surface area contributed by atoms with Crippen LogP contribution in [0.15, 0.2) is 187 Å². The zero-order chi connectivity index (χ0) is 36.7. The van der Waals surface area contributed by atoms with Gasteiger partial charge in [0.2, 0.25) is 0 Å². The second-order valence-electron chi connectivity index (χ2n) is 15.2. The third-order valence-electron chi connectivity index (χ3n) is 11.7. The maximum atomic E-state index is 6.50. The van der Waals surface area contributed by atoms with Crippen LogP contribution in [0.3, 0.4) is 0 Å². The van der Waals surface area contributed by atoms with Gasteiger partial charge >= 0.3 is 0 Å². The van der Waals surface area contributed by atoms with Crippen LogP contribution in [0.25, 0.3) is 77.0 Å². The summed E-state index contributed by atoms with van der Waals surface area (Å²) in [5.41, 5.74) is 16.0. The predicted molar refractivity (Wildman–Crippen MR) is 230 cm³/mol. The third-order valence-corrected chi connectivity index (χ3v) is 11.7. The van der Waals surface area contributed by atoms with Crippen molar-refractivity contribution in [3.63, 3.8) is 0 Å². The van der Waals surface area contributed by atoms with Crippen LogP contribution in [0.1, 0.15) is 25.0 Å². The molecule has 3 heteroatoms. The van der Waals surface area contributed by atoms with Gasteiger partial charge in [-0.05, 0) is 111 Å². The van der Waals surface area contributed by atoms with Gasteiger partial charge in [0, 0.05) is 50.2 Å². The van der Waals surface area contributed by atoms with Crippen LogP contribution < -0.4 is 4.90 Å². The Balaban J connectivity index is 1.09. The van der Waals surface area contributed by atoms with E-state index >= 15 is 0 Å². The quantitative estimate of drug-likeness (QED) is 0.167. The molecule has 2 heterocycles. The van der Waals surface area contributed by atoms with E-state index in [-0.39, 0.29) is 5.41 Å². The van der Waals surface area contributed by atoms with Gasteiger partial charge in [-0.15, -0.1) is 0 Å². The minimum absolute atomic E-state index is 0.117. The highest BCUT2D eigenvalue weighted by Crippen LogP contribution is 2.51. The molecule has 3 nitrogen and oxygen atoms in total. The van der Waals surface area contributed by atoms with Crippen molar-refractivity contribution in [1.82, 2.24) is 4.98 Å². The number of anilines is 3. The largest absolute Gasteiger partial charge is 0.456 e. The summed E-state index contributed by atoms with van der Waals surface area (Å²) in [5, 5.41) is 5.65. The standard InChI is InChI=1S/C52H36N2O/c1-52(2)46-16-7-6-14-42(46)43-26-24-40(32-47(43)52)54(38-22-19-34(20-23-38)33-10-4-3-5-11-33)39-25-28-49-45(31-39)44-30-37(21-27-48(44)55-49)41-15-8-12-35-17-18-36-13-9-29-53-51(36)50(35)41/h3-32H,1-2H3. The van der Waals surface area contributed by atoms with E-state index in [1.165, 1.54) is 44.2 Å². The van der Waals surface area contributed by atoms with Crippen LogP contribution in [0, 0.1) is 0 Å². The molecule has 2 aromatic heterocycles. The molecule has 0 N–H and O–H groups in total. The van der Waals surface area contributed by atoms with Crippen LogP contribution in [-0.4, -0.2) is 4.98 Å². The molecular weight excluding hydrogens is 669 g/mol. The van der Waals surface area contributed by atoms with Gasteiger partial charge in [0.1, 0.15) is 11.2 Å². The Bertz CT molecular complexity index is 3120. The summed E-state index contributed by atoms with van der Waals surface area (Å²) < 4.78 is 6.50. The van der Waals surface area contributed by atoms with Gasteiger partial charge in [-0.2, -0.15) is 0 Å². The summed E-state index contributed by atoms with van der Waals surface area (Å²) >= 11 is 0. The van der Waals surface area contributed by atoms with Crippen LogP contribution in [0.4, 0.5) is 17.1 Å². The smallest absolute Gasteiger partial charge is 0.135 e. The van der Waals surface area contributed by atoms with Crippen molar-refractivity contribution in [1.29, 1.82) is 0 Å². The molecule has 11 rings (SSSR count). The lowest BCUT2D eigenvalue weighted by atomic mass is 9.82. The maximum absolute atomic E-state index is 6.50. The number of hydrogen-bond donors (Lipinski definition) is 0. The number of rotatable bonds is 5. The molecule has 1 aliphatic rings. The Kier molecular flexibility index (Phi) is 6.90. The topological polar surface area (TPSA) is 29.3 Å². The van der Waals surface area contributed by atoms with Gasteiger partial charge in [-0.3, -0.25) is 4.98 Å². The number of aromatic nitrogens is 1. The number of hydrogen-bond acceptors (Lipinski definition) is 3. The monoisotopic (exact) mass is 704 g/mol. The zero-order valence-electron chi connectivity index (χ0n) is 30.6. The second-order valence-corrected chi connectivity index (χ2v) is 15.2. The van der Waals surface area contributed by atoms with Crippen molar-refractivity contribution < 1.29 is 4.42 Å². The lowest BCUT2D eigenvalue weighted by Crippen LogP contribution is -2.16. The molecule has 0 atom stereocenters. The second kappa shape index (κ2) is 12.0. The average Bonchev–Trinajstić information content (AvgIpc) is 3.72. The molecule has 0 radical (unpaired) electrons. The highest BCUT2D eigenvalue weighted by molar-refractivity contribution is 6.14. The van der Waals surface area contributed by atoms with Gasteiger partial charge in [0.15, 0.2) is 0 Å². The molecule has 0 saturated heterocycles. The molecule has 0 amide bonds. The van der Waals surface area contributed by atoms with E-state index in [1.807, 2.05) is 12.3 Å². The van der Waals surface area contributed by atoms with Crippen molar-refractivity contribution in [3.8, 4) is 33.4 Å². The van der Waals surface area contributed by atoms with E-state index in [4.69, 9.17) is 9.40 Å². The van der Waals surface area contributed by atoms with Crippen molar-refractivity contribution in [2.75, 3.05) is 4.90 Å². The number of furan rings is 1. The first-order valence-corrected chi connectivity index (χ1v) is 18.9. The van der Waals surface area contributed by atoms with Gasteiger partial charge in [0.25, 0.3) is 0 Å². The minimum atomic E-state index is -0.117. The van der Waals surface area contributed by atoms with E-state index < -0.39 is 0 Å². The highest BCUT2D eigenvalue weighted by Gasteiger charge is 2.35. The van der Waals surface area contributed by atoms with E-state index in [9.17, 15) is 0 Å². The minimum Gasteiger partial charge on any atom is -0.456 e. The van der Waals surface area contributed by atoms with Gasteiger partial charge in [-0.25, -0.2) is 0 Å². The van der Waals surface area contributed by atoms with Crippen LogP contribution in [0.2, 0.25) is 0 Å². The Morgan fingerprint density at radius 2 is 1.09 bits per heavy atom. The molecule has 0 fully saturated rings. The Morgan fingerprint density at radius 3 is 1.96 bits per heavy atom.